The van der Waals surface area contributed by atoms with Gasteiger partial charge in [0.25, 0.3) is 0 Å². The van der Waals surface area contributed by atoms with Crippen molar-refractivity contribution >= 4 is 11.6 Å². The van der Waals surface area contributed by atoms with E-state index in [9.17, 15) is 8.78 Å². The zero-order chi connectivity index (χ0) is 14.5. The van der Waals surface area contributed by atoms with Crippen LogP contribution in [0.5, 0.6) is 0 Å². The van der Waals surface area contributed by atoms with Gasteiger partial charge in [-0.3, -0.25) is 0 Å². The van der Waals surface area contributed by atoms with Crippen LogP contribution in [0.4, 0.5) is 20.4 Å². The van der Waals surface area contributed by atoms with E-state index in [1.165, 1.54) is 12.8 Å². The van der Waals surface area contributed by atoms with Crippen LogP contribution in [0.15, 0.2) is 6.07 Å². The summed E-state index contributed by atoms with van der Waals surface area (Å²) >= 11 is 0. The summed E-state index contributed by atoms with van der Waals surface area (Å²) in [6.07, 6.45) is 2.49. The van der Waals surface area contributed by atoms with Gasteiger partial charge < -0.3 is 15.0 Å². The molecule has 0 aliphatic heterocycles. The van der Waals surface area contributed by atoms with Crippen LogP contribution < -0.4 is 10.2 Å². The van der Waals surface area contributed by atoms with E-state index in [-0.39, 0.29) is 11.6 Å². The molecule has 1 aromatic heterocycles. The maximum atomic E-state index is 13.8. The molecule has 0 radical (unpaired) electrons. The van der Waals surface area contributed by atoms with Crippen molar-refractivity contribution in [1.29, 1.82) is 0 Å². The third-order valence-electron chi connectivity index (χ3n) is 3.24. The summed E-state index contributed by atoms with van der Waals surface area (Å²) in [6, 6.07) is 0.863. The third-order valence-corrected chi connectivity index (χ3v) is 3.24. The van der Waals surface area contributed by atoms with Crippen LogP contribution >= 0.6 is 0 Å². The lowest BCUT2D eigenvalue weighted by Gasteiger charge is -2.19. The van der Waals surface area contributed by atoms with Gasteiger partial charge in [0.2, 0.25) is 0 Å². The molecule has 1 saturated carbocycles. The fourth-order valence-corrected chi connectivity index (χ4v) is 1.86. The molecule has 0 spiro atoms. The Morgan fingerprint density at radius 3 is 2.80 bits per heavy atom. The summed E-state index contributed by atoms with van der Waals surface area (Å²) < 4.78 is 32.7. The monoisotopic (exact) mass is 285 g/mol. The fourth-order valence-electron chi connectivity index (χ4n) is 1.86. The molecule has 1 N–H and O–H groups in total. The van der Waals surface area contributed by atoms with Crippen molar-refractivity contribution in [3.8, 4) is 0 Å². The number of pyridine rings is 1. The van der Waals surface area contributed by atoms with Crippen LogP contribution in [0.25, 0.3) is 0 Å². The number of ether oxygens (including phenoxy) is 1. The lowest BCUT2D eigenvalue weighted by Crippen LogP contribution is -2.25. The van der Waals surface area contributed by atoms with Gasteiger partial charge in [-0.25, -0.2) is 13.8 Å². The Morgan fingerprint density at radius 2 is 2.15 bits per heavy atom. The summed E-state index contributed by atoms with van der Waals surface area (Å²) in [5.41, 5.74) is 0. The topological polar surface area (TPSA) is 37.4 Å². The van der Waals surface area contributed by atoms with Crippen LogP contribution in [0.2, 0.25) is 0 Å². The molecule has 2 rings (SSSR count). The predicted molar refractivity (Wildman–Crippen MR) is 75.1 cm³/mol. The van der Waals surface area contributed by atoms with Gasteiger partial charge in [-0.05, 0) is 25.7 Å². The summed E-state index contributed by atoms with van der Waals surface area (Å²) in [6.45, 7) is 4.18. The van der Waals surface area contributed by atoms with E-state index in [4.69, 9.17) is 4.74 Å². The highest BCUT2D eigenvalue weighted by molar-refractivity contribution is 5.48. The molecule has 0 saturated heterocycles. The smallest absolute Gasteiger partial charge is 0.168 e. The Morgan fingerprint density at radius 1 is 1.40 bits per heavy atom. The molecule has 1 heterocycles. The molecular weight excluding hydrogens is 264 g/mol. The largest absolute Gasteiger partial charge is 0.379 e. The van der Waals surface area contributed by atoms with E-state index in [1.807, 2.05) is 6.92 Å². The zero-order valence-corrected chi connectivity index (χ0v) is 12.0. The second-order valence-corrected chi connectivity index (χ2v) is 5.09. The molecule has 4 nitrogen and oxygen atoms in total. The van der Waals surface area contributed by atoms with Crippen molar-refractivity contribution in [2.45, 2.75) is 19.8 Å². The first kappa shape index (κ1) is 15.0. The highest BCUT2D eigenvalue weighted by atomic mass is 19.1. The third kappa shape index (κ3) is 4.03. The van der Waals surface area contributed by atoms with Gasteiger partial charge >= 0.3 is 0 Å². The Hall–Kier alpha value is -1.43. The van der Waals surface area contributed by atoms with Crippen molar-refractivity contribution in [3.05, 3.63) is 17.7 Å². The first-order valence-electron chi connectivity index (χ1n) is 7.00. The number of nitrogens with zero attached hydrogens (tertiary/aromatic N) is 2. The highest BCUT2D eigenvalue weighted by Gasteiger charge is 2.21. The van der Waals surface area contributed by atoms with E-state index in [0.29, 0.717) is 25.6 Å². The number of aromatic nitrogens is 1. The average molecular weight is 285 g/mol. The maximum absolute atomic E-state index is 13.8. The summed E-state index contributed by atoms with van der Waals surface area (Å²) in [5.74, 6) is -0.409. The average Bonchev–Trinajstić information content (AvgIpc) is 3.22. The van der Waals surface area contributed by atoms with Gasteiger partial charge in [-0.15, -0.1) is 0 Å². The normalized spacial score (nSPS) is 14.4. The van der Waals surface area contributed by atoms with E-state index in [0.717, 1.165) is 12.7 Å². The van der Waals surface area contributed by atoms with E-state index >= 15 is 0 Å². The van der Waals surface area contributed by atoms with Crippen LogP contribution in [0.1, 0.15) is 19.8 Å². The number of likely N-dealkylation sites (N-methyl/N-ethyl adjacent to an activating group) is 1. The molecule has 112 valence electrons. The van der Waals surface area contributed by atoms with Crippen LogP contribution in [-0.2, 0) is 4.74 Å². The molecule has 0 aromatic carbocycles. The van der Waals surface area contributed by atoms with E-state index < -0.39 is 11.6 Å². The molecular formula is C14H21F2N3O. The van der Waals surface area contributed by atoms with Crippen molar-refractivity contribution in [2.24, 2.45) is 5.92 Å². The number of anilines is 2. The summed E-state index contributed by atoms with van der Waals surface area (Å²) in [7, 11) is 1.72. The van der Waals surface area contributed by atoms with Crippen molar-refractivity contribution in [3.63, 3.8) is 0 Å². The van der Waals surface area contributed by atoms with Crippen LogP contribution in [0.3, 0.4) is 0 Å². The molecule has 1 aliphatic rings. The molecule has 1 aliphatic carbocycles. The molecule has 1 aromatic rings. The Bertz CT molecular complexity index is 452. The van der Waals surface area contributed by atoms with Crippen molar-refractivity contribution in [1.82, 2.24) is 4.98 Å². The number of nitrogens with one attached hydrogen (secondary N) is 1. The van der Waals surface area contributed by atoms with Gasteiger partial charge in [0.05, 0.1) is 6.61 Å². The number of halogens is 2. The number of hydrogen-bond donors (Lipinski definition) is 1. The summed E-state index contributed by atoms with van der Waals surface area (Å²) in [5, 5.41) is 2.78. The minimum absolute atomic E-state index is 0.0784. The molecule has 6 heteroatoms. The molecule has 0 amide bonds. The second-order valence-electron chi connectivity index (χ2n) is 5.09. The van der Waals surface area contributed by atoms with E-state index in [2.05, 4.69) is 10.3 Å². The molecule has 0 bridgehead atoms. The Balaban J connectivity index is 1.92. The predicted octanol–water partition coefficient (Wildman–Crippen LogP) is 2.65. The van der Waals surface area contributed by atoms with Crippen molar-refractivity contribution < 1.29 is 13.5 Å². The van der Waals surface area contributed by atoms with Crippen LogP contribution in [-0.4, -0.2) is 38.3 Å². The minimum atomic E-state index is -0.675. The van der Waals surface area contributed by atoms with Gasteiger partial charge in [0.15, 0.2) is 23.3 Å². The van der Waals surface area contributed by atoms with Gasteiger partial charge in [-0.2, -0.15) is 0 Å². The lowest BCUT2D eigenvalue weighted by atomic mass is 10.3. The second kappa shape index (κ2) is 6.83. The number of rotatable bonds is 8. The standard InChI is InChI=1S/C14H21F2N3O/c1-3-17-13-11(15)8-12(16)14(18-13)19(2)6-7-20-9-10-4-5-10/h8,10H,3-7,9H2,1-2H3,(H,17,18). The Kier molecular flexibility index (Phi) is 5.11. The van der Waals surface area contributed by atoms with E-state index in [1.54, 1.807) is 11.9 Å². The lowest BCUT2D eigenvalue weighted by molar-refractivity contribution is 0.130. The quantitative estimate of drug-likeness (QED) is 0.745. The zero-order valence-electron chi connectivity index (χ0n) is 12.0. The molecule has 0 unspecified atom stereocenters. The maximum Gasteiger partial charge on any atom is 0.168 e. The fraction of sp³-hybridized carbons (Fsp3) is 0.643. The van der Waals surface area contributed by atoms with Crippen LogP contribution in [0, 0.1) is 17.6 Å². The number of hydrogen-bond acceptors (Lipinski definition) is 4. The summed E-state index contributed by atoms with van der Waals surface area (Å²) in [4.78, 5) is 5.64. The Labute approximate surface area is 118 Å². The minimum Gasteiger partial charge on any atom is -0.379 e. The van der Waals surface area contributed by atoms with Gasteiger partial charge in [0, 0.05) is 32.8 Å². The molecule has 20 heavy (non-hydrogen) atoms. The van der Waals surface area contributed by atoms with Gasteiger partial charge in [0.1, 0.15) is 0 Å². The molecule has 1 fully saturated rings. The SMILES string of the molecule is CCNc1nc(N(C)CCOCC2CC2)c(F)cc1F. The first-order chi connectivity index (χ1) is 9.61. The van der Waals surface area contributed by atoms with Crippen molar-refractivity contribution in [2.75, 3.05) is 43.6 Å². The first-order valence-corrected chi connectivity index (χ1v) is 7.00. The molecule has 0 atom stereocenters. The highest BCUT2D eigenvalue weighted by Crippen LogP contribution is 2.28. The van der Waals surface area contributed by atoms with Gasteiger partial charge in [-0.1, -0.05) is 0 Å².